The molecule has 0 spiro atoms. The van der Waals surface area contributed by atoms with Gasteiger partial charge in [0.25, 0.3) is 6.43 Å². The van der Waals surface area contributed by atoms with Crippen molar-refractivity contribution in [1.29, 1.82) is 0 Å². The molecule has 1 saturated carbocycles. The summed E-state index contributed by atoms with van der Waals surface area (Å²) < 4.78 is 24.9. The molecule has 0 heterocycles. The summed E-state index contributed by atoms with van der Waals surface area (Å²) in [6.45, 7) is 3.00. The molecule has 0 aromatic heterocycles. The molecule has 1 atom stereocenters. The van der Waals surface area contributed by atoms with Gasteiger partial charge in [-0.05, 0) is 31.2 Å². The number of halogens is 2. The molecule has 0 amide bonds. The van der Waals surface area contributed by atoms with E-state index in [0.717, 1.165) is 18.0 Å². The third kappa shape index (κ3) is 4.27. The molecule has 106 valence electrons. The highest BCUT2D eigenvalue weighted by molar-refractivity contribution is 5.23. The van der Waals surface area contributed by atoms with Crippen molar-refractivity contribution in [1.82, 2.24) is 5.32 Å². The Bertz CT molecular complexity index is 369. The standard InChI is InChI=1S/C16H23F2N/c1-12(14-5-3-2-4-6-14)19-11-13-7-9-15(10-8-13)16(17)18/h7-10,12,14,16,19H,2-6,11H2,1H3/t12-/m1/s1. The third-order valence-corrected chi connectivity index (χ3v) is 4.22. The number of hydrogen-bond acceptors (Lipinski definition) is 1. The first kappa shape index (κ1) is 14.4. The van der Waals surface area contributed by atoms with Crippen molar-refractivity contribution in [2.24, 2.45) is 5.92 Å². The minimum absolute atomic E-state index is 0.101. The number of hydrogen-bond donors (Lipinski definition) is 1. The fourth-order valence-electron chi connectivity index (χ4n) is 2.86. The van der Waals surface area contributed by atoms with Crippen LogP contribution >= 0.6 is 0 Å². The molecule has 0 bridgehead atoms. The van der Waals surface area contributed by atoms with E-state index in [1.807, 2.05) is 0 Å². The van der Waals surface area contributed by atoms with E-state index in [0.29, 0.717) is 6.04 Å². The van der Waals surface area contributed by atoms with Gasteiger partial charge in [-0.25, -0.2) is 8.78 Å². The van der Waals surface area contributed by atoms with Crippen LogP contribution in [-0.4, -0.2) is 6.04 Å². The van der Waals surface area contributed by atoms with Gasteiger partial charge in [-0.15, -0.1) is 0 Å². The van der Waals surface area contributed by atoms with Crippen LogP contribution in [-0.2, 0) is 6.54 Å². The van der Waals surface area contributed by atoms with Crippen molar-refractivity contribution >= 4 is 0 Å². The fraction of sp³-hybridized carbons (Fsp3) is 0.625. The van der Waals surface area contributed by atoms with Crippen LogP contribution < -0.4 is 5.32 Å². The normalized spacial score (nSPS) is 18.7. The Morgan fingerprint density at radius 2 is 1.74 bits per heavy atom. The lowest BCUT2D eigenvalue weighted by Crippen LogP contribution is -2.34. The Balaban J connectivity index is 1.80. The lowest BCUT2D eigenvalue weighted by molar-refractivity contribution is 0.151. The number of nitrogens with one attached hydrogen (secondary N) is 1. The largest absolute Gasteiger partial charge is 0.310 e. The molecule has 1 aromatic carbocycles. The van der Waals surface area contributed by atoms with Gasteiger partial charge < -0.3 is 5.32 Å². The molecule has 1 aliphatic carbocycles. The SMILES string of the molecule is C[C@@H](NCc1ccc(C(F)F)cc1)C1CCCCC1. The predicted molar refractivity (Wildman–Crippen MR) is 74.3 cm³/mol. The Morgan fingerprint density at radius 3 is 2.32 bits per heavy atom. The van der Waals surface area contributed by atoms with Gasteiger partial charge in [0.15, 0.2) is 0 Å². The molecule has 1 fully saturated rings. The maximum absolute atomic E-state index is 12.4. The van der Waals surface area contributed by atoms with Gasteiger partial charge in [0.2, 0.25) is 0 Å². The molecule has 1 nitrogen and oxygen atoms in total. The summed E-state index contributed by atoms with van der Waals surface area (Å²) in [7, 11) is 0. The highest BCUT2D eigenvalue weighted by atomic mass is 19.3. The fourth-order valence-corrected chi connectivity index (χ4v) is 2.86. The molecule has 0 aliphatic heterocycles. The van der Waals surface area contributed by atoms with Crippen LogP contribution in [0, 0.1) is 5.92 Å². The zero-order valence-electron chi connectivity index (χ0n) is 11.5. The van der Waals surface area contributed by atoms with E-state index in [1.165, 1.54) is 44.2 Å². The molecular formula is C16H23F2N. The number of benzene rings is 1. The van der Waals surface area contributed by atoms with Crippen molar-refractivity contribution in [2.45, 2.75) is 58.0 Å². The first-order valence-electron chi connectivity index (χ1n) is 7.27. The van der Waals surface area contributed by atoms with Crippen LogP contribution in [0.15, 0.2) is 24.3 Å². The third-order valence-electron chi connectivity index (χ3n) is 4.22. The molecule has 0 unspecified atom stereocenters. The summed E-state index contributed by atoms with van der Waals surface area (Å²) >= 11 is 0. The van der Waals surface area contributed by atoms with E-state index in [9.17, 15) is 8.78 Å². The quantitative estimate of drug-likeness (QED) is 0.816. The molecule has 19 heavy (non-hydrogen) atoms. The van der Waals surface area contributed by atoms with Crippen molar-refractivity contribution in [3.63, 3.8) is 0 Å². The highest BCUT2D eigenvalue weighted by Crippen LogP contribution is 2.26. The zero-order valence-corrected chi connectivity index (χ0v) is 11.5. The van der Waals surface area contributed by atoms with Crippen LogP contribution in [0.4, 0.5) is 8.78 Å². The van der Waals surface area contributed by atoms with Gasteiger partial charge in [-0.1, -0.05) is 43.5 Å². The van der Waals surface area contributed by atoms with E-state index in [2.05, 4.69) is 12.2 Å². The second kappa shape index (κ2) is 6.99. The van der Waals surface area contributed by atoms with Crippen LogP contribution in [0.3, 0.4) is 0 Å². The smallest absolute Gasteiger partial charge is 0.263 e. The van der Waals surface area contributed by atoms with Gasteiger partial charge in [-0.2, -0.15) is 0 Å². The zero-order chi connectivity index (χ0) is 13.7. The maximum Gasteiger partial charge on any atom is 0.263 e. The second-order valence-electron chi connectivity index (χ2n) is 5.61. The van der Waals surface area contributed by atoms with E-state index in [1.54, 1.807) is 12.1 Å². The predicted octanol–water partition coefficient (Wildman–Crippen LogP) is 4.68. The van der Waals surface area contributed by atoms with Crippen molar-refractivity contribution in [2.75, 3.05) is 0 Å². The molecular weight excluding hydrogens is 244 g/mol. The molecule has 1 N–H and O–H groups in total. The number of alkyl halides is 2. The molecule has 0 radical (unpaired) electrons. The van der Waals surface area contributed by atoms with Gasteiger partial charge in [-0.3, -0.25) is 0 Å². The van der Waals surface area contributed by atoms with Gasteiger partial charge in [0.05, 0.1) is 0 Å². The van der Waals surface area contributed by atoms with Crippen LogP contribution in [0.5, 0.6) is 0 Å². The average Bonchev–Trinajstić information content (AvgIpc) is 2.46. The maximum atomic E-state index is 12.4. The summed E-state index contributed by atoms with van der Waals surface area (Å²) in [5.41, 5.74) is 1.18. The minimum Gasteiger partial charge on any atom is -0.310 e. The number of rotatable bonds is 5. The monoisotopic (exact) mass is 267 g/mol. The Hall–Kier alpha value is -0.960. The molecule has 3 heteroatoms. The summed E-state index contributed by atoms with van der Waals surface area (Å²) in [5, 5.41) is 3.53. The molecule has 0 saturated heterocycles. The first-order valence-corrected chi connectivity index (χ1v) is 7.27. The van der Waals surface area contributed by atoms with E-state index in [-0.39, 0.29) is 5.56 Å². The average molecular weight is 267 g/mol. The van der Waals surface area contributed by atoms with Gasteiger partial charge in [0.1, 0.15) is 0 Å². The molecule has 1 aromatic rings. The summed E-state index contributed by atoms with van der Waals surface area (Å²) in [6.07, 6.45) is 4.33. The van der Waals surface area contributed by atoms with Crippen molar-refractivity contribution < 1.29 is 8.78 Å². The lowest BCUT2D eigenvalue weighted by atomic mass is 9.84. The van der Waals surface area contributed by atoms with E-state index >= 15 is 0 Å². The summed E-state index contributed by atoms with van der Waals surface area (Å²) in [4.78, 5) is 0. The Labute approximate surface area is 114 Å². The second-order valence-corrected chi connectivity index (χ2v) is 5.61. The topological polar surface area (TPSA) is 12.0 Å². The van der Waals surface area contributed by atoms with Crippen LogP contribution in [0.2, 0.25) is 0 Å². The first-order chi connectivity index (χ1) is 9.16. The highest BCUT2D eigenvalue weighted by Gasteiger charge is 2.19. The Morgan fingerprint density at radius 1 is 1.11 bits per heavy atom. The van der Waals surface area contributed by atoms with Crippen LogP contribution in [0.25, 0.3) is 0 Å². The minimum atomic E-state index is -2.37. The molecule has 1 aliphatic rings. The lowest BCUT2D eigenvalue weighted by Gasteiger charge is -2.28. The van der Waals surface area contributed by atoms with E-state index in [4.69, 9.17) is 0 Å². The van der Waals surface area contributed by atoms with E-state index < -0.39 is 6.43 Å². The molecule has 2 rings (SSSR count). The summed E-state index contributed by atoms with van der Waals surface area (Å²) in [5.74, 6) is 0.772. The summed E-state index contributed by atoms with van der Waals surface area (Å²) in [6, 6.07) is 7.14. The van der Waals surface area contributed by atoms with Crippen molar-refractivity contribution in [3.05, 3.63) is 35.4 Å². The van der Waals surface area contributed by atoms with Crippen molar-refractivity contribution in [3.8, 4) is 0 Å². The van der Waals surface area contributed by atoms with Crippen LogP contribution in [0.1, 0.15) is 56.6 Å². The Kier molecular flexibility index (Phi) is 5.32. The van der Waals surface area contributed by atoms with Gasteiger partial charge in [0, 0.05) is 18.2 Å². The van der Waals surface area contributed by atoms with Gasteiger partial charge >= 0.3 is 0 Å².